The van der Waals surface area contributed by atoms with E-state index in [2.05, 4.69) is 15.0 Å². The number of pyridine rings is 2. The minimum absolute atomic E-state index is 0.0700. The van der Waals surface area contributed by atoms with Crippen molar-refractivity contribution in [2.24, 2.45) is 0 Å². The third kappa shape index (κ3) is 4.21. The van der Waals surface area contributed by atoms with E-state index in [1.165, 1.54) is 24.8 Å². The highest BCUT2D eigenvalue weighted by Gasteiger charge is 2.18. The number of fused-ring (bicyclic) bond motifs is 1. The topological polar surface area (TPSA) is 107 Å². The fourth-order valence-electron chi connectivity index (χ4n) is 2.88. The molecule has 0 spiro atoms. The Kier molecular flexibility index (Phi) is 5.54. The number of carbonyl (C=O) groups is 3. The van der Waals surface area contributed by atoms with E-state index in [1.807, 2.05) is 0 Å². The Morgan fingerprint density at radius 3 is 2.41 bits per heavy atom. The van der Waals surface area contributed by atoms with Crippen LogP contribution in [0.1, 0.15) is 33.3 Å². The van der Waals surface area contributed by atoms with Crippen molar-refractivity contribution >= 4 is 34.4 Å². The van der Waals surface area contributed by atoms with Crippen LogP contribution in [-0.4, -0.2) is 34.3 Å². The number of aryl methyl sites for hydroxylation is 1. The molecule has 148 valence electrons. The Morgan fingerprint density at radius 2 is 1.79 bits per heavy atom. The molecule has 0 aliphatic heterocycles. The lowest BCUT2D eigenvalue weighted by Crippen LogP contribution is -2.25. The molecular formula is C21H19N3O5. The fourth-order valence-corrected chi connectivity index (χ4v) is 2.88. The molecule has 0 aliphatic carbocycles. The number of esters is 1. The molecule has 0 atom stereocenters. The quantitative estimate of drug-likeness (QED) is 0.527. The molecule has 2 aromatic heterocycles. The van der Waals surface area contributed by atoms with Gasteiger partial charge in [0.2, 0.25) is 11.3 Å². The maximum absolute atomic E-state index is 12.6. The number of methoxy groups -OCH3 is 1. The first-order valence-electron chi connectivity index (χ1n) is 8.80. The monoisotopic (exact) mass is 393 g/mol. The van der Waals surface area contributed by atoms with Gasteiger partial charge >= 0.3 is 5.97 Å². The summed E-state index contributed by atoms with van der Waals surface area (Å²) in [4.78, 5) is 52.8. The molecule has 0 saturated carbocycles. The van der Waals surface area contributed by atoms with Crippen molar-refractivity contribution in [1.82, 2.24) is 9.55 Å². The number of ketones is 1. The highest BCUT2D eigenvalue weighted by Crippen LogP contribution is 2.13. The van der Waals surface area contributed by atoms with Gasteiger partial charge in [-0.05, 0) is 50.2 Å². The van der Waals surface area contributed by atoms with E-state index >= 15 is 0 Å². The number of ether oxygens (including phenoxy) is 1. The second-order valence-corrected chi connectivity index (χ2v) is 6.50. The molecule has 0 unspecified atom stereocenters. The van der Waals surface area contributed by atoms with Crippen molar-refractivity contribution in [3.05, 3.63) is 69.6 Å². The first kappa shape index (κ1) is 19.9. The van der Waals surface area contributed by atoms with Crippen molar-refractivity contribution in [3.8, 4) is 0 Å². The average molecular weight is 393 g/mol. The van der Waals surface area contributed by atoms with Gasteiger partial charge in [-0.3, -0.25) is 14.4 Å². The first-order chi connectivity index (χ1) is 13.8. The minimum Gasteiger partial charge on any atom is -0.465 e. The molecule has 1 aromatic carbocycles. The highest BCUT2D eigenvalue weighted by atomic mass is 16.5. The molecule has 0 fully saturated rings. The highest BCUT2D eigenvalue weighted by molar-refractivity contribution is 5.96. The van der Waals surface area contributed by atoms with Crippen LogP contribution in [0, 0.1) is 6.92 Å². The van der Waals surface area contributed by atoms with E-state index in [1.54, 1.807) is 43.3 Å². The van der Waals surface area contributed by atoms with Crippen LogP contribution in [0.15, 0.2) is 47.4 Å². The molecule has 0 saturated heterocycles. The van der Waals surface area contributed by atoms with E-state index in [0.717, 1.165) is 0 Å². The number of carbonyl (C=O) groups excluding carboxylic acids is 3. The number of hydrogen-bond donors (Lipinski definition) is 1. The summed E-state index contributed by atoms with van der Waals surface area (Å²) in [6.45, 7) is 3.05. The van der Waals surface area contributed by atoms with Crippen molar-refractivity contribution in [3.63, 3.8) is 0 Å². The number of hydrogen-bond acceptors (Lipinski definition) is 6. The van der Waals surface area contributed by atoms with Gasteiger partial charge in [0.05, 0.1) is 12.5 Å². The Balaban J connectivity index is 1.95. The number of amides is 1. The fraction of sp³-hybridized carbons (Fsp3) is 0.190. The predicted molar refractivity (Wildman–Crippen MR) is 107 cm³/mol. The lowest BCUT2D eigenvalue weighted by atomic mass is 10.1. The number of benzene rings is 1. The third-order valence-electron chi connectivity index (χ3n) is 4.36. The second-order valence-electron chi connectivity index (χ2n) is 6.50. The molecule has 8 nitrogen and oxygen atoms in total. The Morgan fingerprint density at radius 1 is 1.10 bits per heavy atom. The van der Waals surface area contributed by atoms with Gasteiger partial charge in [0, 0.05) is 23.1 Å². The Labute approximate surface area is 166 Å². The van der Waals surface area contributed by atoms with Crippen LogP contribution in [0.5, 0.6) is 0 Å². The molecule has 2 heterocycles. The Bertz CT molecular complexity index is 1180. The standard InChI is InChI=1S/C21H19N3O5/c1-12-4-9-16-19(27)17(21(28)29-3)10-24(20(16)22-12)11-18(26)23-15-7-5-14(6-8-15)13(2)25/h4-10H,11H2,1-3H3,(H,23,26). The van der Waals surface area contributed by atoms with Gasteiger partial charge in [-0.15, -0.1) is 0 Å². The number of Topliss-reactive ketones (excluding diaryl/α,β-unsaturated/α-hetero) is 1. The zero-order valence-corrected chi connectivity index (χ0v) is 16.2. The van der Waals surface area contributed by atoms with E-state index < -0.39 is 11.4 Å². The maximum Gasteiger partial charge on any atom is 0.343 e. The summed E-state index contributed by atoms with van der Waals surface area (Å²) in [7, 11) is 1.18. The van der Waals surface area contributed by atoms with Gasteiger partial charge in [0.25, 0.3) is 0 Å². The molecule has 0 aliphatic rings. The van der Waals surface area contributed by atoms with E-state index in [0.29, 0.717) is 22.6 Å². The van der Waals surface area contributed by atoms with Crippen LogP contribution in [0.4, 0.5) is 5.69 Å². The van der Waals surface area contributed by atoms with E-state index in [9.17, 15) is 19.2 Å². The summed E-state index contributed by atoms with van der Waals surface area (Å²) >= 11 is 0. The van der Waals surface area contributed by atoms with Crippen LogP contribution in [0.3, 0.4) is 0 Å². The second kappa shape index (κ2) is 8.05. The summed E-state index contributed by atoms with van der Waals surface area (Å²) < 4.78 is 6.11. The lowest BCUT2D eigenvalue weighted by molar-refractivity contribution is -0.116. The van der Waals surface area contributed by atoms with Crippen LogP contribution >= 0.6 is 0 Å². The summed E-state index contributed by atoms with van der Waals surface area (Å²) in [5.41, 5.74) is 1.33. The van der Waals surface area contributed by atoms with Gasteiger partial charge in [-0.1, -0.05) is 0 Å². The molecule has 1 amide bonds. The molecule has 0 radical (unpaired) electrons. The van der Waals surface area contributed by atoms with Crippen LogP contribution in [-0.2, 0) is 16.1 Å². The molecule has 8 heteroatoms. The van der Waals surface area contributed by atoms with E-state index in [-0.39, 0.29) is 29.2 Å². The molecule has 29 heavy (non-hydrogen) atoms. The van der Waals surface area contributed by atoms with Crippen molar-refractivity contribution in [2.45, 2.75) is 20.4 Å². The molecule has 3 rings (SSSR count). The lowest BCUT2D eigenvalue weighted by Gasteiger charge is -2.13. The maximum atomic E-state index is 12.6. The summed E-state index contributed by atoms with van der Waals surface area (Å²) in [6.07, 6.45) is 1.28. The van der Waals surface area contributed by atoms with Crippen LogP contribution in [0.2, 0.25) is 0 Å². The zero-order valence-electron chi connectivity index (χ0n) is 16.2. The number of nitrogens with one attached hydrogen (secondary N) is 1. The first-order valence-corrected chi connectivity index (χ1v) is 8.80. The van der Waals surface area contributed by atoms with Gasteiger partial charge in [0.15, 0.2) is 5.78 Å². The molecule has 1 N–H and O–H groups in total. The van der Waals surface area contributed by atoms with Crippen molar-refractivity contribution in [2.75, 3.05) is 12.4 Å². The Hall–Kier alpha value is -3.81. The number of anilines is 1. The SMILES string of the molecule is COC(=O)c1cn(CC(=O)Nc2ccc(C(C)=O)cc2)c2nc(C)ccc2c1=O. The summed E-state index contributed by atoms with van der Waals surface area (Å²) in [6, 6.07) is 9.72. The van der Waals surface area contributed by atoms with Gasteiger partial charge < -0.3 is 14.6 Å². The number of rotatable bonds is 5. The largest absolute Gasteiger partial charge is 0.465 e. The van der Waals surface area contributed by atoms with Crippen molar-refractivity contribution in [1.29, 1.82) is 0 Å². The van der Waals surface area contributed by atoms with E-state index in [4.69, 9.17) is 0 Å². The predicted octanol–water partition coefficient (Wildman–Crippen LogP) is 2.33. The minimum atomic E-state index is -0.786. The summed E-state index contributed by atoms with van der Waals surface area (Å²) in [5.74, 6) is -1.24. The average Bonchev–Trinajstić information content (AvgIpc) is 2.69. The van der Waals surface area contributed by atoms with Crippen LogP contribution < -0.4 is 10.7 Å². The van der Waals surface area contributed by atoms with Gasteiger partial charge in [0.1, 0.15) is 17.8 Å². The number of nitrogens with zero attached hydrogens (tertiary/aromatic N) is 2. The smallest absolute Gasteiger partial charge is 0.343 e. The zero-order chi connectivity index (χ0) is 21.1. The third-order valence-corrected chi connectivity index (χ3v) is 4.36. The molecule has 3 aromatic rings. The normalized spacial score (nSPS) is 10.6. The van der Waals surface area contributed by atoms with Crippen LogP contribution in [0.25, 0.3) is 11.0 Å². The summed E-state index contributed by atoms with van der Waals surface area (Å²) in [5, 5.41) is 2.94. The van der Waals surface area contributed by atoms with Gasteiger partial charge in [-0.2, -0.15) is 0 Å². The van der Waals surface area contributed by atoms with Crippen molar-refractivity contribution < 1.29 is 19.1 Å². The molecule has 0 bridgehead atoms. The van der Waals surface area contributed by atoms with Gasteiger partial charge in [-0.25, -0.2) is 9.78 Å². The molecular weight excluding hydrogens is 374 g/mol. The number of aromatic nitrogens is 2.